The van der Waals surface area contributed by atoms with E-state index in [0.717, 1.165) is 5.56 Å². The van der Waals surface area contributed by atoms with Gasteiger partial charge in [-0.1, -0.05) is 30.3 Å². The Morgan fingerprint density at radius 3 is 2.55 bits per heavy atom. The Kier molecular flexibility index (Phi) is 1.41. The van der Waals surface area contributed by atoms with E-state index in [2.05, 4.69) is 10.4 Å². The maximum Gasteiger partial charge on any atom is 0.187 e. The van der Waals surface area contributed by atoms with Gasteiger partial charge in [0.1, 0.15) is 0 Å². The predicted molar refractivity (Wildman–Crippen MR) is 39.7 cm³/mol. The highest BCUT2D eigenvalue weighted by Gasteiger charge is 1.98. The molecule has 0 saturated carbocycles. The topological polar surface area (TPSA) is 38.9 Å². The van der Waals surface area contributed by atoms with Gasteiger partial charge < -0.3 is 4.52 Å². The number of hydrogen-bond donors (Lipinski definition) is 0. The van der Waals surface area contributed by atoms with Crippen LogP contribution in [0, 0.1) is 0 Å². The monoisotopic (exact) mass is 146 g/mol. The molecule has 11 heavy (non-hydrogen) atoms. The van der Waals surface area contributed by atoms with Crippen molar-refractivity contribution in [1.29, 1.82) is 0 Å². The molecule has 1 heterocycles. The van der Waals surface area contributed by atoms with Crippen molar-refractivity contribution in [3.63, 3.8) is 0 Å². The minimum atomic E-state index is 0.700. The molecule has 0 N–H and O–H groups in total. The van der Waals surface area contributed by atoms with E-state index in [4.69, 9.17) is 4.52 Å². The second kappa shape index (κ2) is 2.54. The van der Waals surface area contributed by atoms with Crippen molar-refractivity contribution in [1.82, 2.24) is 10.4 Å². The summed E-state index contributed by atoms with van der Waals surface area (Å²) >= 11 is 0. The quantitative estimate of drug-likeness (QED) is 0.615. The second-order valence-corrected chi connectivity index (χ2v) is 2.15. The fourth-order valence-corrected chi connectivity index (χ4v) is 0.897. The third kappa shape index (κ3) is 1.12. The van der Waals surface area contributed by atoms with Gasteiger partial charge in [0.25, 0.3) is 0 Å². The molecule has 0 amide bonds. The van der Waals surface area contributed by atoms with Crippen LogP contribution in [0.3, 0.4) is 0 Å². The number of rotatable bonds is 1. The summed E-state index contributed by atoms with van der Waals surface area (Å²) in [6.07, 6.45) is 1.59. The summed E-state index contributed by atoms with van der Waals surface area (Å²) in [6, 6.07) is 9.73. The van der Waals surface area contributed by atoms with Crippen molar-refractivity contribution in [2.75, 3.05) is 0 Å². The van der Waals surface area contributed by atoms with E-state index in [-0.39, 0.29) is 0 Å². The smallest absolute Gasteiger partial charge is 0.187 e. The molecule has 3 nitrogen and oxygen atoms in total. The minimum absolute atomic E-state index is 0.700. The largest absolute Gasteiger partial charge is 0.337 e. The molecule has 54 valence electrons. The van der Waals surface area contributed by atoms with Gasteiger partial charge >= 0.3 is 0 Å². The average molecular weight is 146 g/mol. The van der Waals surface area contributed by atoms with Gasteiger partial charge in [-0.2, -0.15) is 0 Å². The third-order valence-electron chi connectivity index (χ3n) is 1.42. The Hall–Kier alpha value is -1.64. The number of benzene rings is 1. The summed E-state index contributed by atoms with van der Waals surface area (Å²) in [4.78, 5) is 0. The molecule has 0 atom stereocenters. The van der Waals surface area contributed by atoms with Crippen LogP contribution in [0.1, 0.15) is 0 Å². The summed E-state index contributed by atoms with van der Waals surface area (Å²) in [5, 5.41) is 6.96. The number of hydrogen-bond acceptors (Lipinski definition) is 3. The molecule has 0 saturated heterocycles. The normalized spacial score (nSPS) is 9.82. The van der Waals surface area contributed by atoms with Crippen LogP contribution in [0.15, 0.2) is 41.1 Å². The summed E-state index contributed by atoms with van der Waals surface area (Å²) in [5.74, 6) is 0.700. The molecule has 1 aromatic heterocycles. The van der Waals surface area contributed by atoms with Gasteiger partial charge in [0.15, 0.2) is 5.76 Å². The fraction of sp³-hybridized carbons (Fsp3) is 0. The minimum Gasteiger partial charge on any atom is -0.337 e. The first kappa shape index (κ1) is 6.09. The lowest BCUT2D eigenvalue weighted by Gasteiger charge is -1.89. The first-order chi connectivity index (χ1) is 5.47. The van der Waals surface area contributed by atoms with Crippen LogP contribution in [0.25, 0.3) is 11.3 Å². The Balaban J connectivity index is 2.46. The van der Waals surface area contributed by atoms with Crippen LogP contribution in [0.5, 0.6) is 0 Å². The average Bonchev–Trinajstić information content (AvgIpc) is 2.58. The molecule has 2 aromatic rings. The van der Waals surface area contributed by atoms with E-state index < -0.39 is 0 Å². The first-order valence-electron chi connectivity index (χ1n) is 3.29. The van der Waals surface area contributed by atoms with Crippen LogP contribution in [-0.2, 0) is 0 Å². The summed E-state index contributed by atoms with van der Waals surface area (Å²) in [7, 11) is 0. The zero-order valence-corrected chi connectivity index (χ0v) is 5.77. The lowest BCUT2D eigenvalue weighted by atomic mass is 10.2. The van der Waals surface area contributed by atoms with Crippen molar-refractivity contribution in [2.24, 2.45) is 0 Å². The zero-order valence-electron chi connectivity index (χ0n) is 5.77. The van der Waals surface area contributed by atoms with Crippen molar-refractivity contribution < 1.29 is 4.52 Å². The highest BCUT2D eigenvalue weighted by Crippen LogP contribution is 2.15. The van der Waals surface area contributed by atoms with E-state index in [9.17, 15) is 0 Å². The van der Waals surface area contributed by atoms with Crippen LogP contribution in [0.4, 0.5) is 0 Å². The van der Waals surface area contributed by atoms with Crippen LogP contribution < -0.4 is 0 Å². The van der Waals surface area contributed by atoms with Crippen molar-refractivity contribution >= 4 is 0 Å². The van der Waals surface area contributed by atoms with Crippen LogP contribution >= 0.6 is 0 Å². The highest BCUT2D eigenvalue weighted by atomic mass is 16.5. The van der Waals surface area contributed by atoms with Gasteiger partial charge in [-0.05, 0) is 0 Å². The molecule has 0 aliphatic carbocycles. The van der Waals surface area contributed by atoms with Gasteiger partial charge in [-0.15, -0.1) is 5.10 Å². The Morgan fingerprint density at radius 2 is 1.91 bits per heavy atom. The van der Waals surface area contributed by atoms with E-state index in [1.807, 2.05) is 30.3 Å². The molecule has 1 aromatic carbocycles. The molecule has 0 bridgehead atoms. The fourth-order valence-electron chi connectivity index (χ4n) is 0.897. The summed E-state index contributed by atoms with van der Waals surface area (Å²) in [5.41, 5.74) is 0.998. The van der Waals surface area contributed by atoms with Gasteiger partial charge in [0.05, 0.1) is 6.20 Å². The number of nitrogens with zero attached hydrogens (tertiary/aromatic N) is 2. The maximum atomic E-state index is 4.86. The molecule has 3 heteroatoms. The maximum absolute atomic E-state index is 4.86. The van der Waals surface area contributed by atoms with E-state index in [1.165, 1.54) is 0 Å². The molecular formula is C8H6N2O. The molecule has 0 fully saturated rings. The Morgan fingerprint density at radius 1 is 1.09 bits per heavy atom. The van der Waals surface area contributed by atoms with Crippen molar-refractivity contribution in [2.45, 2.75) is 0 Å². The summed E-state index contributed by atoms with van der Waals surface area (Å²) in [6.45, 7) is 0. The van der Waals surface area contributed by atoms with Crippen LogP contribution in [0.2, 0.25) is 0 Å². The first-order valence-corrected chi connectivity index (χ1v) is 3.29. The van der Waals surface area contributed by atoms with Crippen molar-refractivity contribution in [3.05, 3.63) is 36.5 Å². The zero-order chi connectivity index (χ0) is 7.52. The van der Waals surface area contributed by atoms with E-state index in [1.54, 1.807) is 6.20 Å². The highest BCUT2D eigenvalue weighted by molar-refractivity contribution is 5.54. The second-order valence-electron chi connectivity index (χ2n) is 2.15. The SMILES string of the molecule is c1ccc(-c2cnno2)cc1. The molecule has 0 radical (unpaired) electrons. The lowest BCUT2D eigenvalue weighted by Crippen LogP contribution is -1.69. The van der Waals surface area contributed by atoms with Gasteiger partial charge in [-0.3, -0.25) is 0 Å². The van der Waals surface area contributed by atoms with Crippen molar-refractivity contribution in [3.8, 4) is 11.3 Å². The van der Waals surface area contributed by atoms with Crippen LogP contribution in [-0.4, -0.2) is 10.4 Å². The molecule has 0 unspecified atom stereocenters. The van der Waals surface area contributed by atoms with E-state index >= 15 is 0 Å². The molecule has 0 spiro atoms. The lowest BCUT2D eigenvalue weighted by molar-refractivity contribution is 0.403. The van der Waals surface area contributed by atoms with Gasteiger partial charge in [0.2, 0.25) is 0 Å². The Labute approximate surface area is 63.6 Å². The van der Waals surface area contributed by atoms with Gasteiger partial charge in [0, 0.05) is 10.8 Å². The molecule has 0 aliphatic rings. The molecule has 2 rings (SSSR count). The van der Waals surface area contributed by atoms with E-state index in [0.29, 0.717) is 5.76 Å². The Bertz CT molecular complexity index is 315. The predicted octanol–water partition coefficient (Wildman–Crippen LogP) is 1.74. The molecule has 0 aliphatic heterocycles. The summed E-state index contributed by atoms with van der Waals surface area (Å²) < 4.78 is 4.86. The standard InChI is InChI=1S/C8H6N2O/c1-2-4-7(5-3-1)8-6-9-10-11-8/h1-6H. The third-order valence-corrected chi connectivity index (χ3v) is 1.42. The van der Waals surface area contributed by atoms with Gasteiger partial charge in [-0.25, -0.2) is 0 Å². The number of aromatic nitrogens is 2. The molecular weight excluding hydrogens is 140 g/mol.